The molecule has 0 fully saturated rings. The van der Waals surface area contributed by atoms with Crippen LogP contribution >= 0.6 is 15.9 Å². The summed E-state index contributed by atoms with van der Waals surface area (Å²) in [6.45, 7) is 0. The third kappa shape index (κ3) is 3.48. The number of hydrogen-bond acceptors (Lipinski definition) is 3. The maximum atomic E-state index is 13.0. The largest absolute Gasteiger partial charge is 0.328 e. The molecule has 1 N–H and O–H groups in total. The van der Waals surface area contributed by atoms with Crippen LogP contribution in [0.1, 0.15) is 26.3 Å². The molecule has 4 aromatic rings. The van der Waals surface area contributed by atoms with Gasteiger partial charge in [0.25, 0.3) is 5.91 Å². The number of rotatable bonds is 4. The topological polar surface area (TPSA) is 73.1 Å². The van der Waals surface area contributed by atoms with Crippen molar-refractivity contribution in [2.75, 3.05) is 5.32 Å². The third-order valence-corrected chi connectivity index (χ3v) is 5.58. The normalized spacial score (nSPS) is 10.9. The first kappa shape index (κ1) is 19.8. The van der Waals surface area contributed by atoms with Gasteiger partial charge in [-0.1, -0.05) is 34.1 Å². The maximum absolute atomic E-state index is 13.0. The number of nitrogens with one attached hydrogen (secondary N) is 1. The molecule has 3 aromatic carbocycles. The van der Waals surface area contributed by atoms with Crippen LogP contribution in [0.4, 0.5) is 5.69 Å². The molecular weight excluding hydrogens is 446 g/mol. The molecule has 1 heterocycles. The van der Waals surface area contributed by atoms with Crippen LogP contribution in [0, 0.1) is 0 Å². The molecule has 0 spiro atoms. The SMILES string of the molecule is Cn1c(=O)n(C)c2cc(NC(=O)c3ccccc3C(=O)c3ccc(Br)cc3)ccc21. The minimum absolute atomic E-state index is 0.140. The van der Waals surface area contributed by atoms with Gasteiger partial charge in [0.15, 0.2) is 5.78 Å². The summed E-state index contributed by atoms with van der Waals surface area (Å²) in [7, 11) is 3.38. The van der Waals surface area contributed by atoms with E-state index in [1.807, 2.05) is 0 Å². The predicted octanol–water partition coefficient (Wildman–Crippen LogP) is 4.12. The lowest BCUT2D eigenvalue weighted by Gasteiger charge is -2.10. The Morgan fingerprint density at radius 2 is 1.47 bits per heavy atom. The molecular formula is C23H18BrN3O3. The number of carbonyl (C=O) groups excluding carboxylic acids is 2. The second-order valence-electron chi connectivity index (χ2n) is 6.94. The fraction of sp³-hybridized carbons (Fsp3) is 0.0870. The van der Waals surface area contributed by atoms with Crippen molar-refractivity contribution in [3.8, 4) is 0 Å². The van der Waals surface area contributed by atoms with Crippen molar-refractivity contribution < 1.29 is 9.59 Å². The van der Waals surface area contributed by atoms with Gasteiger partial charge in [0.2, 0.25) is 0 Å². The Morgan fingerprint density at radius 3 is 2.17 bits per heavy atom. The number of imidazole rings is 1. The monoisotopic (exact) mass is 463 g/mol. The molecule has 0 aliphatic rings. The van der Waals surface area contributed by atoms with Gasteiger partial charge in [-0.05, 0) is 48.5 Å². The highest BCUT2D eigenvalue weighted by Gasteiger charge is 2.18. The van der Waals surface area contributed by atoms with Crippen LogP contribution in [0.25, 0.3) is 11.0 Å². The van der Waals surface area contributed by atoms with Crippen LogP contribution in [-0.2, 0) is 14.1 Å². The Hall–Kier alpha value is -3.45. The lowest BCUT2D eigenvalue weighted by Crippen LogP contribution is -2.19. The van der Waals surface area contributed by atoms with Crippen molar-refractivity contribution in [2.45, 2.75) is 0 Å². The molecule has 4 rings (SSSR count). The molecule has 6 nitrogen and oxygen atoms in total. The molecule has 0 bridgehead atoms. The number of nitrogens with zero attached hydrogens (tertiary/aromatic N) is 2. The summed E-state index contributed by atoms with van der Waals surface area (Å²) >= 11 is 3.36. The van der Waals surface area contributed by atoms with Crippen molar-refractivity contribution >= 4 is 44.3 Å². The number of halogens is 1. The highest BCUT2D eigenvalue weighted by Crippen LogP contribution is 2.21. The van der Waals surface area contributed by atoms with E-state index in [-0.39, 0.29) is 17.0 Å². The Kier molecular flexibility index (Phi) is 5.13. The first-order valence-electron chi connectivity index (χ1n) is 9.23. The van der Waals surface area contributed by atoms with E-state index in [9.17, 15) is 14.4 Å². The molecule has 0 saturated carbocycles. The second kappa shape index (κ2) is 7.76. The van der Waals surface area contributed by atoms with E-state index in [1.165, 1.54) is 4.57 Å². The molecule has 0 saturated heterocycles. The van der Waals surface area contributed by atoms with E-state index in [0.717, 1.165) is 9.99 Å². The number of hydrogen-bond donors (Lipinski definition) is 1. The third-order valence-electron chi connectivity index (χ3n) is 5.05. The van der Waals surface area contributed by atoms with Crippen molar-refractivity contribution in [3.05, 3.63) is 98.4 Å². The average Bonchev–Trinajstić information content (AvgIpc) is 2.97. The van der Waals surface area contributed by atoms with E-state index in [0.29, 0.717) is 22.3 Å². The van der Waals surface area contributed by atoms with E-state index >= 15 is 0 Å². The summed E-state index contributed by atoms with van der Waals surface area (Å²) in [6.07, 6.45) is 0. The minimum atomic E-state index is -0.392. The van der Waals surface area contributed by atoms with E-state index in [4.69, 9.17) is 0 Å². The van der Waals surface area contributed by atoms with Crippen molar-refractivity contribution in [1.29, 1.82) is 0 Å². The smallest absolute Gasteiger partial charge is 0.322 e. The van der Waals surface area contributed by atoms with E-state index < -0.39 is 5.91 Å². The molecule has 30 heavy (non-hydrogen) atoms. The Balaban J connectivity index is 1.67. The fourth-order valence-corrected chi connectivity index (χ4v) is 3.68. The zero-order valence-electron chi connectivity index (χ0n) is 16.3. The summed E-state index contributed by atoms with van der Waals surface area (Å²) in [5.41, 5.74) is 2.99. The van der Waals surface area contributed by atoms with Crippen LogP contribution in [0.2, 0.25) is 0 Å². The number of benzene rings is 3. The Bertz CT molecular complexity index is 1350. The van der Waals surface area contributed by atoms with Gasteiger partial charge in [0.05, 0.1) is 16.6 Å². The van der Waals surface area contributed by atoms with Crippen molar-refractivity contribution in [3.63, 3.8) is 0 Å². The molecule has 0 atom stereocenters. The Labute approximate surface area is 180 Å². The number of aryl methyl sites for hydroxylation is 2. The number of ketones is 1. The van der Waals surface area contributed by atoms with Crippen molar-refractivity contribution in [1.82, 2.24) is 9.13 Å². The molecule has 1 aromatic heterocycles. The lowest BCUT2D eigenvalue weighted by molar-refractivity contribution is 0.0996. The highest BCUT2D eigenvalue weighted by atomic mass is 79.9. The van der Waals surface area contributed by atoms with Gasteiger partial charge in [0, 0.05) is 35.4 Å². The average molecular weight is 464 g/mol. The summed E-state index contributed by atoms with van der Waals surface area (Å²) in [5.74, 6) is -0.620. The highest BCUT2D eigenvalue weighted by molar-refractivity contribution is 9.10. The standard InChI is InChI=1S/C23H18BrN3O3/c1-26-19-12-11-16(13-20(19)27(2)23(26)30)25-22(29)18-6-4-3-5-17(18)21(28)14-7-9-15(24)10-8-14/h3-13H,1-2H3,(H,25,29). The van der Waals surface area contributed by atoms with Gasteiger partial charge in [0.1, 0.15) is 0 Å². The number of fused-ring (bicyclic) bond motifs is 1. The summed E-state index contributed by atoms with van der Waals surface area (Å²) in [5, 5.41) is 2.84. The van der Waals surface area contributed by atoms with Gasteiger partial charge in [-0.3, -0.25) is 18.7 Å². The zero-order chi connectivity index (χ0) is 21.4. The molecule has 0 unspecified atom stereocenters. The van der Waals surface area contributed by atoms with E-state index in [2.05, 4.69) is 21.2 Å². The summed E-state index contributed by atoms with van der Waals surface area (Å²) in [6, 6.07) is 19.0. The van der Waals surface area contributed by atoms with Crippen LogP contribution in [-0.4, -0.2) is 20.8 Å². The minimum Gasteiger partial charge on any atom is -0.322 e. The first-order chi connectivity index (χ1) is 14.4. The molecule has 150 valence electrons. The van der Waals surface area contributed by atoms with Gasteiger partial charge in [-0.2, -0.15) is 0 Å². The van der Waals surface area contributed by atoms with Crippen LogP contribution in [0.3, 0.4) is 0 Å². The number of aromatic nitrogens is 2. The zero-order valence-corrected chi connectivity index (χ0v) is 17.9. The second-order valence-corrected chi connectivity index (χ2v) is 7.86. The van der Waals surface area contributed by atoms with Crippen LogP contribution < -0.4 is 11.0 Å². The predicted molar refractivity (Wildman–Crippen MR) is 120 cm³/mol. The molecule has 0 aliphatic heterocycles. The maximum Gasteiger partial charge on any atom is 0.328 e. The number of amides is 1. The van der Waals surface area contributed by atoms with Gasteiger partial charge in [-0.15, -0.1) is 0 Å². The van der Waals surface area contributed by atoms with Gasteiger partial charge >= 0.3 is 5.69 Å². The van der Waals surface area contributed by atoms with E-state index in [1.54, 1.807) is 85.4 Å². The summed E-state index contributed by atoms with van der Waals surface area (Å²) in [4.78, 5) is 38.0. The summed E-state index contributed by atoms with van der Waals surface area (Å²) < 4.78 is 3.94. The quantitative estimate of drug-likeness (QED) is 0.462. The van der Waals surface area contributed by atoms with Crippen LogP contribution in [0.5, 0.6) is 0 Å². The first-order valence-corrected chi connectivity index (χ1v) is 10.0. The van der Waals surface area contributed by atoms with Gasteiger partial charge < -0.3 is 5.32 Å². The Morgan fingerprint density at radius 1 is 0.833 bits per heavy atom. The van der Waals surface area contributed by atoms with Crippen LogP contribution in [0.15, 0.2) is 76.0 Å². The molecule has 1 amide bonds. The number of carbonyl (C=O) groups is 2. The van der Waals surface area contributed by atoms with Gasteiger partial charge in [-0.25, -0.2) is 4.79 Å². The molecule has 0 radical (unpaired) electrons. The van der Waals surface area contributed by atoms with Crippen molar-refractivity contribution in [2.24, 2.45) is 14.1 Å². The molecule has 7 heteroatoms. The molecule has 0 aliphatic carbocycles. The number of anilines is 1. The lowest BCUT2D eigenvalue weighted by atomic mass is 9.98. The fourth-order valence-electron chi connectivity index (χ4n) is 3.42.